The number of aryl methyl sites for hydroxylation is 2. The number of Topliss-reactive ketones (excluding diaryl/α,β-unsaturated/α-hetero) is 1. The van der Waals surface area contributed by atoms with E-state index in [0.717, 1.165) is 10.1 Å². The van der Waals surface area contributed by atoms with E-state index in [1.54, 1.807) is 19.2 Å². The summed E-state index contributed by atoms with van der Waals surface area (Å²) < 4.78 is 2.37. The first-order valence-electron chi connectivity index (χ1n) is 5.61. The fourth-order valence-corrected chi connectivity index (χ4v) is 1.98. The van der Waals surface area contributed by atoms with Crippen molar-refractivity contribution in [2.24, 2.45) is 7.05 Å². The van der Waals surface area contributed by atoms with Gasteiger partial charge >= 0.3 is 5.69 Å². The van der Waals surface area contributed by atoms with E-state index in [1.165, 1.54) is 11.5 Å². The molecule has 0 amide bonds. The second-order valence-corrected chi connectivity index (χ2v) is 4.46. The molecular weight excluding hydrogens is 232 g/mol. The van der Waals surface area contributed by atoms with Gasteiger partial charge in [0.05, 0.1) is 17.4 Å². The molecule has 0 atom stereocenters. The summed E-state index contributed by atoms with van der Waals surface area (Å²) in [5.41, 5.74) is 0.683. The molecule has 0 aliphatic rings. The van der Waals surface area contributed by atoms with Gasteiger partial charge in [-0.2, -0.15) is 0 Å². The molecule has 0 radical (unpaired) electrons. The number of benzene rings is 1. The van der Waals surface area contributed by atoms with Crippen molar-refractivity contribution >= 4 is 16.7 Å². The Morgan fingerprint density at radius 3 is 2.56 bits per heavy atom. The molecule has 0 fully saturated rings. The van der Waals surface area contributed by atoms with Crippen LogP contribution in [-0.4, -0.2) is 14.9 Å². The third-order valence-electron chi connectivity index (χ3n) is 2.89. The van der Waals surface area contributed by atoms with E-state index in [1.807, 2.05) is 13.0 Å². The van der Waals surface area contributed by atoms with Gasteiger partial charge in [0.25, 0.3) is 5.56 Å². The van der Waals surface area contributed by atoms with E-state index < -0.39 is 11.2 Å². The first-order valence-corrected chi connectivity index (χ1v) is 5.61. The van der Waals surface area contributed by atoms with E-state index in [9.17, 15) is 14.4 Å². The van der Waals surface area contributed by atoms with Gasteiger partial charge in [0, 0.05) is 7.05 Å². The number of aromatic nitrogens is 2. The molecule has 0 bridgehead atoms. The highest BCUT2D eigenvalue weighted by Crippen LogP contribution is 2.09. The van der Waals surface area contributed by atoms with Crippen molar-refractivity contribution in [1.82, 2.24) is 9.13 Å². The van der Waals surface area contributed by atoms with Gasteiger partial charge in [-0.15, -0.1) is 0 Å². The van der Waals surface area contributed by atoms with Crippen molar-refractivity contribution in [2.75, 3.05) is 0 Å². The molecule has 0 unspecified atom stereocenters. The quantitative estimate of drug-likeness (QED) is 0.779. The number of nitrogens with zero attached hydrogens (tertiary/aromatic N) is 2. The van der Waals surface area contributed by atoms with Crippen LogP contribution in [0, 0.1) is 6.92 Å². The third kappa shape index (κ3) is 1.88. The number of rotatable bonds is 2. The highest BCUT2D eigenvalue weighted by molar-refractivity contribution is 5.79. The molecule has 2 rings (SSSR count). The van der Waals surface area contributed by atoms with Crippen LogP contribution in [0.15, 0.2) is 27.8 Å². The van der Waals surface area contributed by atoms with Crippen LogP contribution < -0.4 is 11.2 Å². The molecule has 1 aromatic carbocycles. The summed E-state index contributed by atoms with van der Waals surface area (Å²) in [6.45, 7) is 3.06. The van der Waals surface area contributed by atoms with Crippen molar-refractivity contribution in [3.8, 4) is 0 Å². The van der Waals surface area contributed by atoms with Crippen molar-refractivity contribution in [1.29, 1.82) is 0 Å². The molecule has 0 spiro atoms. The molecule has 1 aromatic heterocycles. The van der Waals surface area contributed by atoms with Crippen LogP contribution in [0.5, 0.6) is 0 Å². The predicted molar refractivity (Wildman–Crippen MR) is 68.9 cm³/mol. The third-order valence-corrected chi connectivity index (χ3v) is 2.89. The van der Waals surface area contributed by atoms with Crippen molar-refractivity contribution in [3.63, 3.8) is 0 Å². The molecule has 5 nitrogen and oxygen atoms in total. The van der Waals surface area contributed by atoms with Gasteiger partial charge in [-0.3, -0.25) is 18.7 Å². The van der Waals surface area contributed by atoms with Crippen LogP contribution in [0.3, 0.4) is 0 Å². The molecule has 0 saturated carbocycles. The Balaban J connectivity index is 2.92. The maximum Gasteiger partial charge on any atom is 0.331 e. The zero-order valence-electron chi connectivity index (χ0n) is 10.6. The molecule has 2 aromatic rings. The average molecular weight is 246 g/mol. The zero-order valence-corrected chi connectivity index (χ0v) is 10.6. The van der Waals surface area contributed by atoms with Gasteiger partial charge in [0.1, 0.15) is 5.78 Å². The van der Waals surface area contributed by atoms with Crippen molar-refractivity contribution in [2.45, 2.75) is 20.4 Å². The maximum absolute atomic E-state index is 12.1. The van der Waals surface area contributed by atoms with Gasteiger partial charge in [0.15, 0.2) is 0 Å². The van der Waals surface area contributed by atoms with Crippen LogP contribution in [0.1, 0.15) is 12.5 Å². The average Bonchev–Trinajstić information content (AvgIpc) is 2.31. The fourth-order valence-electron chi connectivity index (χ4n) is 1.98. The number of fused-ring (bicyclic) bond motifs is 1. The summed E-state index contributed by atoms with van der Waals surface area (Å²) in [6.07, 6.45) is 0. The Morgan fingerprint density at radius 1 is 1.28 bits per heavy atom. The van der Waals surface area contributed by atoms with E-state index in [0.29, 0.717) is 10.9 Å². The Kier molecular flexibility index (Phi) is 2.90. The molecule has 0 aliphatic carbocycles. The summed E-state index contributed by atoms with van der Waals surface area (Å²) in [4.78, 5) is 35.3. The zero-order chi connectivity index (χ0) is 13.4. The largest absolute Gasteiger partial charge is 0.331 e. The van der Waals surface area contributed by atoms with E-state index >= 15 is 0 Å². The molecule has 0 saturated heterocycles. The summed E-state index contributed by atoms with van der Waals surface area (Å²) in [5.74, 6) is -0.222. The molecule has 0 N–H and O–H groups in total. The number of ketones is 1. The highest BCUT2D eigenvalue weighted by Gasteiger charge is 2.11. The Morgan fingerprint density at radius 2 is 1.94 bits per heavy atom. The van der Waals surface area contributed by atoms with Crippen LogP contribution in [0.4, 0.5) is 0 Å². The van der Waals surface area contributed by atoms with Crippen LogP contribution in [0.25, 0.3) is 10.9 Å². The topological polar surface area (TPSA) is 61.1 Å². The second-order valence-electron chi connectivity index (χ2n) is 4.46. The first kappa shape index (κ1) is 12.3. The lowest BCUT2D eigenvalue weighted by atomic mass is 10.1. The number of carbonyl (C=O) groups is 1. The minimum Gasteiger partial charge on any atom is -0.298 e. The Hall–Kier alpha value is -2.17. The van der Waals surface area contributed by atoms with Gasteiger partial charge in [-0.1, -0.05) is 6.07 Å². The standard InChI is InChI=1S/C13H14N2O3/c1-8-4-5-10-11(6-8)14(3)13(18)15(12(10)17)7-9(2)16/h4-6H,7H2,1-3H3. The number of hydrogen-bond donors (Lipinski definition) is 0. The molecule has 0 aliphatic heterocycles. The van der Waals surface area contributed by atoms with E-state index in [2.05, 4.69) is 0 Å². The van der Waals surface area contributed by atoms with Crippen LogP contribution in [0.2, 0.25) is 0 Å². The summed E-state index contributed by atoms with van der Waals surface area (Å²) in [7, 11) is 1.60. The summed E-state index contributed by atoms with van der Waals surface area (Å²) in [6, 6.07) is 5.28. The Labute approximate surface area is 103 Å². The molecule has 5 heteroatoms. The van der Waals surface area contributed by atoms with Crippen LogP contribution in [-0.2, 0) is 18.4 Å². The lowest BCUT2D eigenvalue weighted by molar-refractivity contribution is -0.117. The predicted octanol–water partition coefficient (Wildman–Crippen LogP) is 0.598. The van der Waals surface area contributed by atoms with E-state index in [4.69, 9.17) is 0 Å². The highest BCUT2D eigenvalue weighted by atomic mass is 16.2. The molecular formula is C13H14N2O3. The van der Waals surface area contributed by atoms with Gasteiger partial charge in [0.2, 0.25) is 0 Å². The second kappa shape index (κ2) is 4.25. The fraction of sp³-hybridized carbons (Fsp3) is 0.308. The van der Waals surface area contributed by atoms with Gasteiger partial charge in [-0.25, -0.2) is 4.79 Å². The van der Waals surface area contributed by atoms with Crippen LogP contribution >= 0.6 is 0 Å². The number of hydrogen-bond acceptors (Lipinski definition) is 3. The van der Waals surface area contributed by atoms with Gasteiger partial charge in [-0.05, 0) is 31.5 Å². The summed E-state index contributed by atoms with van der Waals surface area (Å²) >= 11 is 0. The Bertz CT molecular complexity index is 753. The minimum absolute atomic E-state index is 0.185. The van der Waals surface area contributed by atoms with E-state index in [-0.39, 0.29) is 12.3 Å². The monoisotopic (exact) mass is 246 g/mol. The first-order chi connectivity index (χ1) is 8.41. The molecule has 18 heavy (non-hydrogen) atoms. The molecule has 94 valence electrons. The SMILES string of the molecule is CC(=O)Cn1c(=O)c2ccc(C)cc2n(C)c1=O. The minimum atomic E-state index is -0.465. The maximum atomic E-state index is 12.1. The smallest absolute Gasteiger partial charge is 0.298 e. The normalized spacial score (nSPS) is 10.8. The lowest BCUT2D eigenvalue weighted by Gasteiger charge is -2.09. The van der Waals surface area contributed by atoms with Crippen molar-refractivity contribution < 1.29 is 4.79 Å². The lowest BCUT2D eigenvalue weighted by Crippen LogP contribution is -2.40. The number of carbonyl (C=O) groups excluding carboxylic acids is 1. The molecule has 1 heterocycles. The summed E-state index contributed by atoms with van der Waals surface area (Å²) in [5, 5.41) is 0.448. The van der Waals surface area contributed by atoms with Crippen molar-refractivity contribution in [3.05, 3.63) is 44.6 Å². The van der Waals surface area contributed by atoms with Gasteiger partial charge < -0.3 is 0 Å².